The summed E-state index contributed by atoms with van der Waals surface area (Å²) in [6.07, 6.45) is 2.33. The zero-order valence-corrected chi connectivity index (χ0v) is 14.4. The van der Waals surface area contributed by atoms with Crippen LogP contribution in [0.1, 0.15) is 33.1 Å². The average Bonchev–Trinajstić information content (AvgIpc) is 3.01. The Morgan fingerprint density at radius 2 is 2.00 bits per heavy atom. The van der Waals surface area contributed by atoms with Crippen molar-refractivity contribution in [2.45, 2.75) is 39.8 Å². The lowest BCUT2D eigenvalue weighted by atomic mass is 9.88. The SMILES string of the molecule is CC(C)(C)CC(CO)NC(=O)NCc1ncc(-c2ccccc2)o1. The van der Waals surface area contributed by atoms with Gasteiger partial charge < -0.3 is 20.2 Å². The molecule has 0 fully saturated rings. The van der Waals surface area contributed by atoms with E-state index in [1.165, 1.54) is 0 Å². The number of amides is 2. The first kappa shape index (κ1) is 18.0. The number of urea groups is 1. The molecule has 3 N–H and O–H groups in total. The molecule has 1 unspecified atom stereocenters. The highest BCUT2D eigenvalue weighted by Crippen LogP contribution is 2.21. The molecule has 24 heavy (non-hydrogen) atoms. The van der Waals surface area contributed by atoms with Crippen LogP contribution in [0.15, 0.2) is 40.9 Å². The van der Waals surface area contributed by atoms with E-state index < -0.39 is 0 Å². The number of carbonyl (C=O) groups excluding carboxylic acids is 1. The van der Waals surface area contributed by atoms with E-state index in [2.05, 4.69) is 36.4 Å². The molecule has 0 aliphatic heterocycles. The summed E-state index contributed by atoms with van der Waals surface area (Å²) in [5.41, 5.74) is 0.958. The van der Waals surface area contributed by atoms with Crippen LogP contribution in [0.5, 0.6) is 0 Å². The van der Waals surface area contributed by atoms with Gasteiger partial charge in [0.15, 0.2) is 5.76 Å². The topological polar surface area (TPSA) is 87.4 Å². The van der Waals surface area contributed by atoms with Gasteiger partial charge >= 0.3 is 6.03 Å². The molecule has 1 aromatic carbocycles. The molecule has 130 valence electrons. The number of hydrogen-bond donors (Lipinski definition) is 3. The number of aliphatic hydroxyl groups excluding tert-OH is 1. The lowest BCUT2D eigenvalue weighted by molar-refractivity contribution is 0.190. The van der Waals surface area contributed by atoms with Crippen molar-refractivity contribution in [1.29, 1.82) is 0 Å². The molecule has 6 nitrogen and oxygen atoms in total. The van der Waals surface area contributed by atoms with Crippen molar-refractivity contribution in [3.8, 4) is 11.3 Å². The number of rotatable bonds is 6. The van der Waals surface area contributed by atoms with E-state index in [4.69, 9.17) is 4.42 Å². The molecule has 0 radical (unpaired) electrons. The van der Waals surface area contributed by atoms with E-state index in [9.17, 15) is 9.90 Å². The Morgan fingerprint density at radius 1 is 1.29 bits per heavy atom. The molecule has 0 saturated heterocycles. The molecule has 1 heterocycles. The highest BCUT2D eigenvalue weighted by atomic mass is 16.4. The summed E-state index contributed by atoms with van der Waals surface area (Å²) >= 11 is 0. The number of aliphatic hydroxyl groups is 1. The van der Waals surface area contributed by atoms with E-state index >= 15 is 0 Å². The van der Waals surface area contributed by atoms with Crippen LogP contribution >= 0.6 is 0 Å². The summed E-state index contributed by atoms with van der Waals surface area (Å²) in [6, 6.07) is 9.01. The molecule has 1 atom stereocenters. The molecule has 1 aromatic heterocycles. The molecule has 0 bridgehead atoms. The minimum atomic E-state index is -0.349. The van der Waals surface area contributed by atoms with Gasteiger partial charge in [0.05, 0.1) is 25.4 Å². The van der Waals surface area contributed by atoms with E-state index in [1.807, 2.05) is 30.3 Å². The molecular weight excluding hydrogens is 306 g/mol. The van der Waals surface area contributed by atoms with Gasteiger partial charge in [0.25, 0.3) is 0 Å². The largest absolute Gasteiger partial charge is 0.439 e. The first-order chi connectivity index (χ1) is 11.4. The minimum absolute atomic E-state index is 0.0217. The molecule has 0 saturated carbocycles. The Hall–Kier alpha value is -2.34. The van der Waals surface area contributed by atoms with Gasteiger partial charge in [-0.1, -0.05) is 51.1 Å². The van der Waals surface area contributed by atoms with Crippen molar-refractivity contribution < 1.29 is 14.3 Å². The van der Waals surface area contributed by atoms with Crippen molar-refractivity contribution in [3.05, 3.63) is 42.4 Å². The van der Waals surface area contributed by atoms with Crippen LogP contribution in [-0.2, 0) is 6.54 Å². The smallest absolute Gasteiger partial charge is 0.315 e. The first-order valence-electron chi connectivity index (χ1n) is 8.03. The van der Waals surface area contributed by atoms with Gasteiger partial charge in [-0.2, -0.15) is 0 Å². The number of aromatic nitrogens is 1. The molecule has 2 aromatic rings. The second-order valence-electron chi connectivity index (χ2n) is 6.96. The van der Waals surface area contributed by atoms with Crippen LogP contribution in [0.3, 0.4) is 0 Å². The highest BCUT2D eigenvalue weighted by Gasteiger charge is 2.19. The van der Waals surface area contributed by atoms with Crippen LogP contribution < -0.4 is 10.6 Å². The third-order valence-corrected chi connectivity index (χ3v) is 3.43. The molecule has 2 rings (SSSR count). The van der Waals surface area contributed by atoms with Gasteiger partial charge in [-0.05, 0) is 11.8 Å². The van der Waals surface area contributed by atoms with E-state index in [1.54, 1.807) is 6.20 Å². The lowest BCUT2D eigenvalue weighted by Gasteiger charge is -2.25. The fraction of sp³-hybridized carbons (Fsp3) is 0.444. The summed E-state index contributed by atoms with van der Waals surface area (Å²) in [4.78, 5) is 16.1. The van der Waals surface area contributed by atoms with Crippen LogP contribution in [0.25, 0.3) is 11.3 Å². The second-order valence-corrected chi connectivity index (χ2v) is 6.96. The molecule has 0 spiro atoms. The van der Waals surface area contributed by atoms with Gasteiger partial charge in [0.1, 0.15) is 0 Å². The predicted octanol–water partition coefficient (Wildman–Crippen LogP) is 2.94. The van der Waals surface area contributed by atoms with E-state index in [0.29, 0.717) is 18.1 Å². The molecule has 6 heteroatoms. The van der Waals surface area contributed by atoms with Crippen LogP contribution in [0, 0.1) is 5.41 Å². The number of oxazole rings is 1. The number of nitrogens with one attached hydrogen (secondary N) is 2. The Balaban J connectivity index is 1.85. The van der Waals surface area contributed by atoms with Crippen molar-refractivity contribution >= 4 is 6.03 Å². The summed E-state index contributed by atoms with van der Waals surface area (Å²) < 4.78 is 5.63. The Morgan fingerprint density at radius 3 is 2.62 bits per heavy atom. The maximum absolute atomic E-state index is 11.9. The number of hydrogen-bond acceptors (Lipinski definition) is 4. The van der Waals surface area contributed by atoms with E-state index in [0.717, 1.165) is 5.56 Å². The number of benzene rings is 1. The first-order valence-corrected chi connectivity index (χ1v) is 8.03. The number of carbonyl (C=O) groups is 1. The summed E-state index contributed by atoms with van der Waals surface area (Å²) in [5.74, 6) is 1.09. The fourth-order valence-corrected chi connectivity index (χ4v) is 2.42. The van der Waals surface area contributed by atoms with Gasteiger partial charge in [-0.25, -0.2) is 9.78 Å². The normalized spacial score (nSPS) is 12.7. The number of nitrogens with zero attached hydrogens (tertiary/aromatic N) is 1. The third-order valence-electron chi connectivity index (χ3n) is 3.43. The molecule has 2 amide bonds. The molecule has 0 aliphatic rings. The third kappa shape index (κ3) is 5.70. The Bertz CT molecular complexity index is 647. The zero-order chi connectivity index (χ0) is 17.6. The van der Waals surface area contributed by atoms with E-state index in [-0.39, 0.29) is 30.6 Å². The highest BCUT2D eigenvalue weighted by molar-refractivity contribution is 5.74. The van der Waals surface area contributed by atoms with Crippen LogP contribution in [-0.4, -0.2) is 28.8 Å². The summed E-state index contributed by atoms with van der Waals surface area (Å²) in [6.45, 7) is 6.28. The van der Waals surface area contributed by atoms with Crippen molar-refractivity contribution in [1.82, 2.24) is 15.6 Å². The Labute approximate surface area is 142 Å². The summed E-state index contributed by atoms with van der Waals surface area (Å²) in [7, 11) is 0. The quantitative estimate of drug-likeness (QED) is 0.759. The van der Waals surface area contributed by atoms with Crippen LogP contribution in [0.4, 0.5) is 4.79 Å². The van der Waals surface area contributed by atoms with Crippen LogP contribution in [0.2, 0.25) is 0 Å². The molecule has 0 aliphatic carbocycles. The van der Waals surface area contributed by atoms with Crippen molar-refractivity contribution in [2.75, 3.05) is 6.61 Å². The monoisotopic (exact) mass is 331 g/mol. The molecular formula is C18H25N3O3. The van der Waals surface area contributed by atoms with Gasteiger partial charge in [-0.15, -0.1) is 0 Å². The maximum atomic E-state index is 11.9. The van der Waals surface area contributed by atoms with Gasteiger partial charge in [-0.3, -0.25) is 0 Å². The second kappa shape index (κ2) is 7.97. The Kier molecular flexibility index (Phi) is 5.98. The summed E-state index contributed by atoms with van der Waals surface area (Å²) in [5, 5.41) is 14.8. The fourth-order valence-electron chi connectivity index (χ4n) is 2.42. The van der Waals surface area contributed by atoms with Gasteiger partial charge in [0, 0.05) is 5.56 Å². The maximum Gasteiger partial charge on any atom is 0.315 e. The van der Waals surface area contributed by atoms with Crippen molar-refractivity contribution in [3.63, 3.8) is 0 Å². The average molecular weight is 331 g/mol. The predicted molar refractivity (Wildman–Crippen MR) is 92.3 cm³/mol. The zero-order valence-electron chi connectivity index (χ0n) is 14.4. The standard InChI is InChI=1S/C18H25N3O3/c1-18(2,3)9-14(12-22)21-17(23)20-11-16-19-10-15(24-16)13-7-5-4-6-8-13/h4-8,10,14,22H,9,11-12H2,1-3H3,(H2,20,21,23). The minimum Gasteiger partial charge on any atom is -0.439 e. The van der Waals surface area contributed by atoms with Gasteiger partial charge in [0.2, 0.25) is 5.89 Å². The van der Waals surface area contributed by atoms with Crippen molar-refractivity contribution in [2.24, 2.45) is 5.41 Å². The lowest BCUT2D eigenvalue weighted by Crippen LogP contribution is -2.45.